The monoisotopic (exact) mass is 299 g/mol. The molecule has 0 fully saturated rings. The Morgan fingerprint density at radius 3 is 2.68 bits per heavy atom. The second-order valence-corrected chi connectivity index (χ2v) is 4.77. The first-order valence-electron chi connectivity index (χ1n) is 5.76. The van der Waals surface area contributed by atoms with Crippen LogP contribution in [0.15, 0.2) is 18.2 Å². The second kappa shape index (κ2) is 5.72. The van der Waals surface area contributed by atoms with Crippen LogP contribution in [0.4, 0.5) is 15.9 Å². The van der Waals surface area contributed by atoms with Gasteiger partial charge in [0.05, 0.1) is 10.7 Å². The summed E-state index contributed by atoms with van der Waals surface area (Å²) in [5.74, 6) is 0.774. The lowest BCUT2D eigenvalue weighted by Crippen LogP contribution is -2.03. The quantitative estimate of drug-likeness (QED) is 0.846. The van der Waals surface area contributed by atoms with Crippen LogP contribution in [0.25, 0.3) is 0 Å². The molecule has 1 aromatic heterocycles. The molecule has 0 radical (unpaired) electrons. The van der Waals surface area contributed by atoms with Crippen LogP contribution in [0.5, 0.6) is 0 Å². The number of benzene rings is 1. The normalized spacial score (nSPS) is 10.6. The maximum atomic E-state index is 13.2. The Labute approximate surface area is 120 Å². The molecule has 3 nitrogen and oxygen atoms in total. The number of rotatable bonds is 3. The van der Waals surface area contributed by atoms with Gasteiger partial charge in [0.25, 0.3) is 0 Å². The molecule has 0 unspecified atom stereocenters. The molecule has 2 aromatic rings. The summed E-state index contributed by atoms with van der Waals surface area (Å²) in [5.41, 5.74) is 1.14. The topological polar surface area (TPSA) is 37.8 Å². The Morgan fingerprint density at radius 2 is 2.00 bits per heavy atom. The minimum absolute atomic E-state index is 0.375. The van der Waals surface area contributed by atoms with Gasteiger partial charge in [-0.3, -0.25) is 0 Å². The van der Waals surface area contributed by atoms with Gasteiger partial charge in [0, 0.05) is 12.0 Å². The van der Waals surface area contributed by atoms with E-state index in [1.165, 1.54) is 18.2 Å². The number of halogens is 3. The van der Waals surface area contributed by atoms with Gasteiger partial charge in [-0.1, -0.05) is 30.1 Å². The zero-order chi connectivity index (χ0) is 14.0. The van der Waals surface area contributed by atoms with Crippen LogP contribution >= 0.6 is 23.2 Å². The number of nitrogens with zero attached hydrogens (tertiary/aromatic N) is 2. The van der Waals surface area contributed by atoms with Gasteiger partial charge in [-0.2, -0.15) is 0 Å². The zero-order valence-corrected chi connectivity index (χ0v) is 12.0. The molecule has 0 saturated carbocycles. The predicted molar refractivity (Wildman–Crippen MR) is 75.8 cm³/mol. The minimum atomic E-state index is -0.375. The first-order chi connectivity index (χ1) is 9.01. The van der Waals surface area contributed by atoms with Crippen LogP contribution in [0.2, 0.25) is 10.2 Å². The zero-order valence-electron chi connectivity index (χ0n) is 10.5. The van der Waals surface area contributed by atoms with Gasteiger partial charge in [-0.15, -0.1) is 0 Å². The average Bonchev–Trinajstić information content (AvgIpc) is 2.38. The third-order valence-corrected chi connectivity index (χ3v) is 3.33. The summed E-state index contributed by atoms with van der Waals surface area (Å²) >= 11 is 12.0. The van der Waals surface area contributed by atoms with Crippen molar-refractivity contribution in [2.24, 2.45) is 0 Å². The van der Waals surface area contributed by atoms with Crippen molar-refractivity contribution in [3.63, 3.8) is 0 Å². The molecule has 0 aliphatic rings. The Morgan fingerprint density at radius 1 is 1.26 bits per heavy atom. The Bertz CT molecular complexity index is 617. The predicted octanol–water partition coefficient (Wildman–Crippen LogP) is 4.54. The summed E-state index contributed by atoms with van der Waals surface area (Å²) in [4.78, 5) is 8.47. The number of nitrogens with one attached hydrogen (secondary N) is 1. The Hall–Kier alpha value is -1.39. The number of anilines is 2. The standard InChI is InChI=1S/C13H12Cl2FN3/c1-3-11-18-12(15)7(2)13(19-11)17-10-6-8(16)4-5-9(10)14/h4-6H,3H2,1-2H3,(H,17,18,19). The van der Waals surface area contributed by atoms with Crippen molar-refractivity contribution in [3.05, 3.63) is 45.6 Å². The van der Waals surface area contributed by atoms with Crippen molar-refractivity contribution in [2.45, 2.75) is 20.3 Å². The summed E-state index contributed by atoms with van der Waals surface area (Å²) in [5, 5.41) is 3.78. The van der Waals surface area contributed by atoms with E-state index in [-0.39, 0.29) is 5.82 Å². The fraction of sp³-hybridized carbons (Fsp3) is 0.231. The van der Waals surface area contributed by atoms with Crippen LogP contribution in [0, 0.1) is 12.7 Å². The SMILES string of the molecule is CCc1nc(Cl)c(C)c(Nc2cc(F)ccc2Cl)n1. The van der Waals surface area contributed by atoms with E-state index in [9.17, 15) is 4.39 Å². The van der Waals surface area contributed by atoms with E-state index >= 15 is 0 Å². The lowest BCUT2D eigenvalue weighted by atomic mass is 10.2. The molecule has 100 valence electrons. The molecule has 2 rings (SSSR count). The van der Waals surface area contributed by atoms with Gasteiger partial charge >= 0.3 is 0 Å². The summed E-state index contributed by atoms with van der Waals surface area (Å²) in [6, 6.07) is 4.09. The van der Waals surface area contributed by atoms with Crippen LogP contribution < -0.4 is 5.32 Å². The van der Waals surface area contributed by atoms with Gasteiger partial charge < -0.3 is 5.32 Å². The lowest BCUT2D eigenvalue weighted by molar-refractivity contribution is 0.628. The summed E-state index contributed by atoms with van der Waals surface area (Å²) in [7, 11) is 0. The molecular weight excluding hydrogens is 288 g/mol. The molecule has 1 N–H and O–H groups in total. The van der Waals surface area contributed by atoms with E-state index in [1.807, 2.05) is 6.92 Å². The maximum absolute atomic E-state index is 13.2. The maximum Gasteiger partial charge on any atom is 0.138 e. The van der Waals surface area contributed by atoms with E-state index in [0.717, 1.165) is 0 Å². The average molecular weight is 300 g/mol. The molecule has 0 saturated heterocycles. The third-order valence-electron chi connectivity index (χ3n) is 2.63. The third kappa shape index (κ3) is 3.14. The summed E-state index contributed by atoms with van der Waals surface area (Å²) in [6.07, 6.45) is 0.658. The fourth-order valence-electron chi connectivity index (χ4n) is 1.53. The lowest BCUT2D eigenvalue weighted by Gasteiger charge is -2.12. The number of aryl methyl sites for hydroxylation is 1. The molecule has 0 atom stereocenters. The smallest absolute Gasteiger partial charge is 0.138 e. The van der Waals surface area contributed by atoms with Crippen molar-refractivity contribution in [1.82, 2.24) is 9.97 Å². The molecule has 1 aromatic carbocycles. The van der Waals surface area contributed by atoms with E-state index < -0.39 is 0 Å². The summed E-state index contributed by atoms with van der Waals surface area (Å²) < 4.78 is 13.2. The Kier molecular flexibility index (Phi) is 4.22. The van der Waals surface area contributed by atoms with E-state index in [1.54, 1.807) is 6.92 Å². The molecule has 19 heavy (non-hydrogen) atoms. The number of hydrogen-bond acceptors (Lipinski definition) is 3. The molecule has 0 aliphatic carbocycles. The first kappa shape index (κ1) is 14.0. The largest absolute Gasteiger partial charge is 0.339 e. The molecule has 0 aliphatic heterocycles. The van der Waals surface area contributed by atoms with Gasteiger partial charge in [0.15, 0.2) is 0 Å². The molecule has 1 heterocycles. The highest BCUT2D eigenvalue weighted by atomic mass is 35.5. The second-order valence-electron chi connectivity index (χ2n) is 4.01. The van der Waals surface area contributed by atoms with Crippen molar-refractivity contribution >= 4 is 34.7 Å². The van der Waals surface area contributed by atoms with Crippen LogP contribution in [0.3, 0.4) is 0 Å². The van der Waals surface area contributed by atoms with Crippen LogP contribution in [-0.4, -0.2) is 9.97 Å². The molecule has 0 spiro atoms. The van der Waals surface area contributed by atoms with Crippen molar-refractivity contribution < 1.29 is 4.39 Å². The molecule has 6 heteroatoms. The van der Waals surface area contributed by atoms with Gasteiger partial charge in [0.1, 0.15) is 22.6 Å². The number of aromatic nitrogens is 2. The number of hydrogen-bond donors (Lipinski definition) is 1. The highest BCUT2D eigenvalue weighted by Gasteiger charge is 2.10. The van der Waals surface area contributed by atoms with Crippen molar-refractivity contribution in [1.29, 1.82) is 0 Å². The highest BCUT2D eigenvalue weighted by Crippen LogP contribution is 2.28. The molecule has 0 bridgehead atoms. The van der Waals surface area contributed by atoms with Crippen molar-refractivity contribution in [2.75, 3.05) is 5.32 Å². The minimum Gasteiger partial charge on any atom is -0.339 e. The van der Waals surface area contributed by atoms with E-state index in [2.05, 4.69) is 15.3 Å². The molecular formula is C13H12Cl2FN3. The summed E-state index contributed by atoms with van der Waals surface area (Å²) in [6.45, 7) is 3.72. The highest BCUT2D eigenvalue weighted by molar-refractivity contribution is 6.33. The van der Waals surface area contributed by atoms with Crippen molar-refractivity contribution in [3.8, 4) is 0 Å². The molecule has 0 amide bonds. The first-order valence-corrected chi connectivity index (χ1v) is 6.52. The van der Waals surface area contributed by atoms with E-state index in [4.69, 9.17) is 23.2 Å². The van der Waals surface area contributed by atoms with Gasteiger partial charge in [-0.05, 0) is 25.1 Å². The van der Waals surface area contributed by atoms with Gasteiger partial charge in [0.2, 0.25) is 0 Å². The van der Waals surface area contributed by atoms with Crippen LogP contribution in [-0.2, 0) is 6.42 Å². The van der Waals surface area contributed by atoms with Crippen LogP contribution in [0.1, 0.15) is 18.3 Å². The van der Waals surface area contributed by atoms with E-state index in [0.29, 0.717) is 39.5 Å². The fourth-order valence-corrected chi connectivity index (χ4v) is 1.89. The Balaban J connectivity index is 2.42. The van der Waals surface area contributed by atoms with Gasteiger partial charge in [-0.25, -0.2) is 14.4 Å².